The Kier molecular flexibility index (Phi) is 13.1. The Morgan fingerprint density at radius 1 is 1.29 bits per heavy atom. The zero-order chi connectivity index (χ0) is 25.9. The van der Waals surface area contributed by atoms with Gasteiger partial charge < -0.3 is 14.6 Å². The largest absolute Gasteiger partial charge is 0.392 e. The van der Waals surface area contributed by atoms with Gasteiger partial charge in [-0.2, -0.15) is 0 Å². The molecule has 1 N–H and O–H groups in total. The molecule has 0 spiro atoms. The Labute approximate surface area is 210 Å². The van der Waals surface area contributed by atoms with Crippen LogP contribution in [-0.2, 0) is 14.3 Å². The number of hydrogen-bond donors (Lipinski definition) is 1. The molecule has 0 aliphatic heterocycles. The molecular weight excluding hydrogens is 446 g/mol. The van der Waals surface area contributed by atoms with Gasteiger partial charge in [0, 0.05) is 30.2 Å². The molecule has 1 aromatic rings. The molecule has 0 amide bonds. The quantitative estimate of drug-likeness (QED) is 0.209. The van der Waals surface area contributed by atoms with E-state index in [2.05, 4.69) is 36.4 Å². The highest BCUT2D eigenvalue weighted by Gasteiger charge is 2.35. The van der Waals surface area contributed by atoms with Crippen molar-refractivity contribution in [3.63, 3.8) is 0 Å². The van der Waals surface area contributed by atoms with Crippen molar-refractivity contribution < 1.29 is 19.4 Å². The van der Waals surface area contributed by atoms with Crippen LogP contribution in [0.25, 0.3) is 6.08 Å². The lowest BCUT2D eigenvalue weighted by molar-refractivity contribution is -0.136. The second kappa shape index (κ2) is 14.7. The van der Waals surface area contributed by atoms with Gasteiger partial charge in [-0.1, -0.05) is 39.3 Å². The SMILES string of the molecule is COC(C/C=C(/C)CCCC(C)C(O)C(C)C(=O)C(C)(C)CCC=O)/C(C)=C/c1csc(C)n1. The number of carbonyl (C=O) groups excluding carboxylic acids is 2. The second-order valence-electron chi connectivity index (χ2n) is 10.3. The van der Waals surface area contributed by atoms with Crippen molar-refractivity contribution in [2.75, 3.05) is 7.11 Å². The third kappa shape index (κ3) is 9.93. The molecule has 1 heterocycles. The number of aliphatic hydroxyl groups is 1. The van der Waals surface area contributed by atoms with Crippen molar-refractivity contribution in [3.05, 3.63) is 33.3 Å². The molecule has 0 saturated carbocycles. The first-order chi connectivity index (χ1) is 15.9. The highest BCUT2D eigenvalue weighted by atomic mass is 32.1. The second-order valence-corrected chi connectivity index (χ2v) is 11.4. The normalized spacial score (nSPS) is 16.7. The van der Waals surface area contributed by atoms with Crippen LogP contribution < -0.4 is 0 Å². The van der Waals surface area contributed by atoms with E-state index in [1.54, 1.807) is 18.4 Å². The fourth-order valence-corrected chi connectivity index (χ4v) is 4.90. The minimum atomic E-state index is -0.674. The number of rotatable bonds is 16. The van der Waals surface area contributed by atoms with Crippen LogP contribution in [0.2, 0.25) is 0 Å². The molecule has 0 bridgehead atoms. The molecule has 34 heavy (non-hydrogen) atoms. The molecule has 6 heteroatoms. The lowest BCUT2D eigenvalue weighted by atomic mass is 9.74. The molecule has 0 radical (unpaired) electrons. The summed E-state index contributed by atoms with van der Waals surface area (Å²) < 4.78 is 5.69. The van der Waals surface area contributed by atoms with Gasteiger partial charge in [0.15, 0.2) is 0 Å². The van der Waals surface area contributed by atoms with Crippen molar-refractivity contribution in [3.8, 4) is 0 Å². The Morgan fingerprint density at radius 2 is 1.97 bits per heavy atom. The van der Waals surface area contributed by atoms with Crippen molar-refractivity contribution >= 4 is 29.5 Å². The Balaban J connectivity index is 2.54. The number of aliphatic hydroxyl groups excluding tert-OH is 1. The minimum Gasteiger partial charge on any atom is -0.392 e. The lowest BCUT2D eigenvalue weighted by Gasteiger charge is -2.31. The van der Waals surface area contributed by atoms with Crippen LogP contribution in [0.4, 0.5) is 0 Å². The fourth-order valence-electron chi connectivity index (χ4n) is 4.33. The predicted molar refractivity (Wildman–Crippen MR) is 142 cm³/mol. The molecule has 0 aromatic carbocycles. The number of ketones is 1. The number of Topliss-reactive ketones (excluding diaryl/α,β-unsaturated/α-hetero) is 1. The predicted octanol–water partition coefficient (Wildman–Crippen LogP) is 6.58. The maximum absolute atomic E-state index is 12.8. The average molecular weight is 492 g/mol. The molecule has 0 aliphatic rings. The van der Waals surface area contributed by atoms with Gasteiger partial charge in [0.1, 0.15) is 12.1 Å². The van der Waals surface area contributed by atoms with Gasteiger partial charge in [0.25, 0.3) is 0 Å². The van der Waals surface area contributed by atoms with Gasteiger partial charge in [-0.15, -0.1) is 11.3 Å². The third-order valence-corrected chi connectivity index (χ3v) is 7.57. The number of thiazole rings is 1. The van der Waals surface area contributed by atoms with E-state index in [9.17, 15) is 14.7 Å². The monoisotopic (exact) mass is 491 g/mol. The van der Waals surface area contributed by atoms with E-state index in [4.69, 9.17) is 4.74 Å². The van der Waals surface area contributed by atoms with Gasteiger partial charge in [-0.25, -0.2) is 4.98 Å². The molecule has 1 aromatic heterocycles. The number of aromatic nitrogens is 1. The zero-order valence-corrected chi connectivity index (χ0v) is 23.2. The Hall–Kier alpha value is -1.63. The number of ether oxygens (including phenoxy) is 1. The zero-order valence-electron chi connectivity index (χ0n) is 22.4. The molecule has 1 rings (SSSR count). The van der Waals surface area contributed by atoms with Crippen LogP contribution in [0.5, 0.6) is 0 Å². The summed E-state index contributed by atoms with van der Waals surface area (Å²) in [6.07, 6.45) is 8.99. The number of nitrogens with zero attached hydrogens (tertiary/aromatic N) is 1. The first-order valence-corrected chi connectivity index (χ1v) is 13.3. The van der Waals surface area contributed by atoms with E-state index < -0.39 is 17.4 Å². The highest BCUT2D eigenvalue weighted by molar-refractivity contribution is 7.09. The fraction of sp³-hybridized carbons (Fsp3) is 0.679. The summed E-state index contributed by atoms with van der Waals surface area (Å²) in [5.74, 6) is -0.370. The molecule has 5 nitrogen and oxygen atoms in total. The van der Waals surface area contributed by atoms with Crippen molar-refractivity contribution in [1.29, 1.82) is 0 Å². The van der Waals surface area contributed by atoms with Crippen LogP contribution in [0, 0.1) is 24.2 Å². The summed E-state index contributed by atoms with van der Waals surface area (Å²) in [6.45, 7) is 13.8. The smallest absolute Gasteiger partial charge is 0.143 e. The number of hydrogen-bond acceptors (Lipinski definition) is 6. The average Bonchev–Trinajstić information content (AvgIpc) is 3.20. The van der Waals surface area contributed by atoms with Gasteiger partial charge in [-0.05, 0) is 70.4 Å². The summed E-state index contributed by atoms with van der Waals surface area (Å²) in [6, 6.07) is 0. The van der Waals surface area contributed by atoms with Gasteiger partial charge in [0.05, 0.1) is 22.9 Å². The number of aldehydes is 1. The lowest BCUT2D eigenvalue weighted by Crippen LogP contribution is -2.38. The van der Waals surface area contributed by atoms with E-state index in [0.29, 0.717) is 12.8 Å². The van der Waals surface area contributed by atoms with Gasteiger partial charge >= 0.3 is 0 Å². The summed E-state index contributed by atoms with van der Waals surface area (Å²) in [7, 11) is 1.74. The molecule has 192 valence electrons. The van der Waals surface area contributed by atoms with Crippen LogP contribution >= 0.6 is 11.3 Å². The standard InChI is InChI=1S/C28H45NO4S/c1-19(13-14-25(33-8)21(3)17-24-18-34-23(5)29-24)11-9-12-20(2)26(31)22(4)27(32)28(6,7)15-10-16-30/h13,16-18,20,22,25-26,31H,9-12,14-15H2,1-8H3/b19-13-,21-17+. The van der Waals surface area contributed by atoms with Crippen LogP contribution in [0.3, 0.4) is 0 Å². The third-order valence-electron chi connectivity index (χ3n) is 6.78. The maximum Gasteiger partial charge on any atom is 0.143 e. The van der Waals surface area contributed by atoms with Crippen LogP contribution in [0.1, 0.15) is 90.8 Å². The number of aryl methyl sites for hydroxylation is 1. The number of allylic oxidation sites excluding steroid dienone is 1. The molecule has 4 atom stereocenters. The van der Waals surface area contributed by atoms with E-state index in [1.807, 2.05) is 34.6 Å². The van der Waals surface area contributed by atoms with Crippen LogP contribution in [0.15, 0.2) is 22.6 Å². The van der Waals surface area contributed by atoms with Gasteiger partial charge in [0.2, 0.25) is 0 Å². The Morgan fingerprint density at radius 3 is 2.53 bits per heavy atom. The van der Waals surface area contributed by atoms with E-state index >= 15 is 0 Å². The first kappa shape index (κ1) is 30.4. The topological polar surface area (TPSA) is 76.5 Å². The number of methoxy groups -OCH3 is 1. The summed E-state index contributed by atoms with van der Waals surface area (Å²) in [4.78, 5) is 28.0. The van der Waals surface area contributed by atoms with Gasteiger partial charge in [-0.3, -0.25) is 4.79 Å². The molecule has 0 fully saturated rings. The maximum atomic E-state index is 12.8. The summed E-state index contributed by atoms with van der Waals surface area (Å²) >= 11 is 1.65. The molecular formula is C28H45NO4S. The van der Waals surface area contributed by atoms with E-state index in [1.165, 1.54) is 5.57 Å². The van der Waals surface area contributed by atoms with Crippen molar-refractivity contribution in [2.45, 2.75) is 99.2 Å². The van der Waals surface area contributed by atoms with Crippen molar-refractivity contribution in [1.82, 2.24) is 4.98 Å². The van der Waals surface area contributed by atoms with E-state index in [-0.39, 0.29) is 17.8 Å². The van der Waals surface area contributed by atoms with Crippen molar-refractivity contribution in [2.24, 2.45) is 17.3 Å². The summed E-state index contributed by atoms with van der Waals surface area (Å²) in [5.41, 5.74) is 2.85. The first-order valence-electron chi connectivity index (χ1n) is 12.4. The number of carbonyl (C=O) groups is 2. The highest BCUT2D eigenvalue weighted by Crippen LogP contribution is 2.31. The Bertz CT molecular complexity index is 839. The molecule has 4 unspecified atom stereocenters. The molecule has 0 saturated heterocycles. The van der Waals surface area contributed by atoms with Crippen LogP contribution in [-0.4, -0.2) is 41.5 Å². The van der Waals surface area contributed by atoms with E-state index in [0.717, 1.165) is 48.2 Å². The summed E-state index contributed by atoms with van der Waals surface area (Å²) in [5, 5.41) is 13.9. The molecule has 0 aliphatic carbocycles. The minimum absolute atomic E-state index is 0.0205.